The molecule has 0 radical (unpaired) electrons. The van der Waals surface area contributed by atoms with Gasteiger partial charge in [0.05, 0.1) is 18.7 Å². The highest BCUT2D eigenvalue weighted by Crippen LogP contribution is 2.27. The van der Waals surface area contributed by atoms with Crippen molar-refractivity contribution in [1.29, 1.82) is 0 Å². The summed E-state index contributed by atoms with van der Waals surface area (Å²) in [6.45, 7) is 6.33. The molecule has 0 aliphatic carbocycles. The van der Waals surface area contributed by atoms with E-state index in [1.807, 2.05) is 6.92 Å². The summed E-state index contributed by atoms with van der Waals surface area (Å²) in [6, 6.07) is 10.4. The third-order valence-corrected chi connectivity index (χ3v) is 4.72. The molecule has 1 aliphatic rings. The maximum absolute atomic E-state index is 13.2. The van der Waals surface area contributed by atoms with Gasteiger partial charge < -0.3 is 15.0 Å². The number of halogens is 1. The number of hydrogen-bond acceptors (Lipinski definition) is 4. The Bertz CT molecular complexity index is 960. The quantitative estimate of drug-likeness (QED) is 0.487. The van der Waals surface area contributed by atoms with Crippen LogP contribution in [0, 0.1) is 5.82 Å². The third kappa shape index (κ3) is 5.09. The lowest BCUT2D eigenvalue weighted by atomic mass is 10.1. The molecular formula is C23H24FN3O4. The maximum Gasteiger partial charge on any atom is 0.332 e. The van der Waals surface area contributed by atoms with Crippen molar-refractivity contribution >= 4 is 29.2 Å². The molecule has 1 N–H and O–H groups in total. The van der Waals surface area contributed by atoms with Gasteiger partial charge in [-0.05, 0) is 55.0 Å². The van der Waals surface area contributed by atoms with E-state index in [0.717, 1.165) is 11.3 Å². The zero-order valence-electron chi connectivity index (χ0n) is 17.2. The Balaban J connectivity index is 1.71. The maximum atomic E-state index is 13.2. The molecule has 3 rings (SSSR count). The molecule has 0 spiro atoms. The van der Waals surface area contributed by atoms with Gasteiger partial charge in [0.2, 0.25) is 5.91 Å². The smallest absolute Gasteiger partial charge is 0.332 e. The van der Waals surface area contributed by atoms with Gasteiger partial charge in [0.15, 0.2) is 0 Å². The standard InChI is InChI=1S/C23H24FN3O4/c1-3-13-26-20(22(29)27(23(26)30)18-9-5-16(24)6-10-18)15-21(28)25-17-7-11-19(12-8-17)31-14-4-2/h3,5-12,20H,1,4,13-15H2,2H3,(H,25,28)/t20-/m1/s1. The second kappa shape index (κ2) is 9.88. The summed E-state index contributed by atoms with van der Waals surface area (Å²) in [5, 5.41) is 2.73. The van der Waals surface area contributed by atoms with Gasteiger partial charge in [-0.1, -0.05) is 13.0 Å². The molecule has 8 heteroatoms. The first kappa shape index (κ1) is 22.0. The Hall–Kier alpha value is -3.68. The Morgan fingerprint density at radius 3 is 2.45 bits per heavy atom. The molecule has 31 heavy (non-hydrogen) atoms. The van der Waals surface area contributed by atoms with Gasteiger partial charge >= 0.3 is 6.03 Å². The predicted molar refractivity (Wildman–Crippen MR) is 115 cm³/mol. The number of imide groups is 1. The van der Waals surface area contributed by atoms with Gasteiger partial charge in [0, 0.05) is 12.2 Å². The summed E-state index contributed by atoms with van der Waals surface area (Å²) in [5.74, 6) is -0.739. The number of nitrogens with zero attached hydrogens (tertiary/aromatic N) is 2. The highest BCUT2D eigenvalue weighted by Gasteiger charge is 2.46. The molecular weight excluding hydrogens is 401 g/mol. The molecule has 1 aliphatic heterocycles. The van der Waals surface area contributed by atoms with Gasteiger partial charge in [0.1, 0.15) is 17.6 Å². The molecule has 0 bridgehead atoms. The third-order valence-electron chi connectivity index (χ3n) is 4.72. The summed E-state index contributed by atoms with van der Waals surface area (Å²) in [4.78, 5) is 40.6. The molecule has 1 atom stereocenters. The Labute approximate surface area is 180 Å². The average molecular weight is 425 g/mol. The first-order valence-corrected chi connectivity index (χ1v) is 9.98. The van der Waals surface area contributed by atoms with Crippen molar-refractivity contribution in [2.24, 2.45) is 0 Å². The minimum atomic E-state index is -0.984. The molecule has 4 amide bonds. The van der Waals surface area contributed by atoms with E-state index in [4.69, 9.17) is 4.74 Å². The summed E-state index contributed by atoms with van der Waals surface area (Å²) in [7, 11) is 0. The van der Waals surface area contributed by atoms with Crippen LogP contribution in [-0.2, 0) is 9.59 Å². The molecule has 1 saturated heterocycles. The molecule has 1 fully saturated rings. The van der Waals surface area contributed by atoms with Gasteiger partial charge in [-0.25, -0.2) is 14.1 Å². The van der Waals surface area contributed by atoms with Crippen molar-refractivity contribution in [3.05, 3.63) is 67.0 Å². The van der Waals surface area contributed by atoms with E-state index in [1.54, 1.807) is 24.3 Å². The number of urea groups is 1. The first-order valence-electron chi connectivity index (χ1n) is 9.98. The zero-order chi connectivity index (χ0) is 22.4. The monoisotopic (exact) mass is 425 g/mol. The number of benzene rings is 2. The molecule has 0 aromatic heterocycles. The highest BCUT2D eigenvalue weighted by molar-refractivity contribution is 6.22. The van der Waals surface area contributed by atoms with Gasteiger partial charge in [0.25, 0.3) is 5.91 Å². The van der Waals surface area contributed by atoms with E-state index in [9.17, 15) is 18.8 Å². The molecule has 2 aromatic rings. The lowest BCUT2D eigenvalue weighted by Crippen LogP contribution is -2.38. The van der Waals surface area contributed by atoms with E-state index in [0.29, 0.717) is 18.0 Å². The minimum Gasteiger partial charge on any atom is -0.494 e. The summed E-state index contributed by atoms with van der Waals surface area (Å²) >= 11 is 0. The number of carbonyl (C=O) groups is 3. The number of nitrogens with one attached hydrogen (secondary N) is 1. The number of ether oxygens (including phenoxy) is 1. The van der Waals surface area contributed by atoms with Crippen LogP contribution in [0.3, 0.4) is 0 Å². The van der Waals surface area contributed by atoms with Crippen LogP contribution in [0.2, 0.25) is 0 Å². The van der Waals surface area contributed by atoms with Crippen LogP contribution in [0.1, 0.15) is 19.8 Å². The number of rotatable bonds is 9. The van der Waals surface area contributed by atoms with Crippen LogP contribution in [0.15, 0.2) is 61.2 Å². The van der Waals surface area contributed by atoms with E-state index in [-0.39, 0.29) is 18.7 Å². The van der Waals surface area contributed by atoms with Crippen LogP contribution >= 0.6 is 0 Å². The fourth-order valence-corrected chi connectivity index (χ4v) is 3.25. The zero-order valence-corrected chi connectivity index (χ0v) is 17.2. The number of anilines is 2. The fourth-order valence-electron chi connectivity index (χ4n) is 3.25. The molecule has 7 nitrogen and oxygen atoms in total. The van der Waals surface area contributed by atoms with Gasteiger partial charge in [-0.3, -0.25) is 9.59 Å². The lowest BCUT2D eigenvalue weighted by Gasteiger charge is -2.19. The van der Waals surface area contributed by atoms with Crippen molar-refractivity contribution in [1.82, 2.24) is 4.90 Å². The second-order valence-corrected chi connectivity index (χ2v) is 7.01. The van der Waals surface area contributed by atoms with E-state index < -0.39 is 29.7 Å². The van der Waals surface area contributed by atoms with Crippen molar-refractivity contribution < 1.29 is 23.5 Å². The summed E-state index contributed by atoms with van der Waals surface area (Å²) in [6.07, 6.45) is 2.16. The fraction of sp³-hybridized carbons (Fsp3) is 0.261. The van der Waals surface area contributed by atoms with Crippen molar-refractivity contribution in [2.45, 2.75) is 25.8 Å². The molecule has 1 heterocycles. The highest BCUT2D eigenvalue weighted by atomic mass is 19.1. The largest absolute Gasteiger partial charge is 0.494 e. The summed E-state index contributed by atoms with van der Waals surface area (Å²) < 4.78 is 18.7. The van der Waals surface area contributed by atoms with Gasteiger partial charge in [-0.15, -0.1) is 6.58 Å². The Morgan fingerprint density at radius 2 is 1.84 bits per heavy atom. The second-order valence-electron chi connectivity index (χ2n) is 7.01. The minimum absolute atomic E-state index is 0.101. The number of hydrogen-bond donors (Lipinski definition) is 1. The van der Waals surface area contributed by atoms with Crippen LogP contribution in [0.25, 0.3) is 0 Å². The van der Waals surface area contributed by atoms with Crippen LogP contribution in [0.4, 0.5) is 20.6 Å². The number of amides is 4. The van der Waals surface area contributed by atoms with Crippen molar-refractivity contribution in [2.75, 3.05) is 23.4 Å². The Morgan fingerprint density at radius 1 is 1.16 bits per heavy atom. The van der Waals surface area contributed by atoms with Crippen molar-refractivity contribution in [3.8, 4) is 5.75 Å². The van der Waals surface area contributed by atoms with Crippen LogP contribution < -0.4 is 15.0 Å². The summed E-state index contributed by atoms with van der Waals surface area (Å²) in [5.41, 5.74) is 0.798. The van der Waals surface area contributed by atoms with E-state index in [1.165, 1.54) is 35.2 Å². The van der Waals surface area contributed by atoms with Crippen molar-refractivity contribution in [3.63, 3.8) is 0 Å². The van der Waals surface area contributed by atoms with Crippen LogP contribution in [-0.4, -0.2) is 41.9 Å². The molecule has 0 saturated carbocycles. The topological polar surface area (TPSA) is 79.0 Å². The SMILES string of the molecule is C=CCN1C(=O)N(c2ccc(F)cc2)C(=O)[C@H]1CC(=O)Nc1ccc(OCCC)cc1. The van der Waals surface area contributed by atoms with E-state index in [2.05, 4.69) is 11.9 Å². The average Bonchev–Trinajstić information content (AvgIpc) is 2.98. The van der Waals surface area contributed by atoms with Gasteiger partial charge in [-0.2, -0.15) is 0 Å². The molecule has 162 valence electrons. The van der Waals surface area contributed by atoms with Crippen LogP contribution in [0.5, 0.6) is 5.75 Å². The normalized spacial score (nSPS) is 15.9. The predicted octanol–water partition coefficient (Wildman–Crippen LogP) is 3.97. The Kier molecular flexibility index (Phi) is 7.02. The molecule has 0 unspecified atom stereocenters. The van der Waals surface area contributed by atoms with E-state index >= 15 is 0 Å². The number of carbonyl (C=O) groups excluding carboxylic acids is 3. The lowest BCUT2D eigenvalue weighted by molar-refractivity contribution is -0.124. The first-order chi connectivity index (χ1) is 14.9. The molecule has 2 aromatic carbocycles.